The Balaban J connectivity index is 2.18. The first kappa shape index (κ1) is 12.9. The fourth-order valence-electron chi connectivity index (χ4n) is 2.64. The van der Waals surface area contributed by atoms with Crippen molar-refractivity contribution < 1.29 is 0 Å². The molecule has 98 valence electrons. The number of nitrogens with two attached hydrogens (primary N) is 1. The molecule has 0 aromatic carbocycles. The number of nitrogen functional groups attached to an aromatic ring is 1. The second kappa shape index (κ2) is 5.85. The van der Waals surface area contributed by atoms with Crippen molar-refractivity contribution in [3.05, 3.63) is 23.9 Å². The first-order chi connectivity index (χ1) is 8.72. The van der Waals surface area contributed by atoms with E-state index in [1.54, 1.807) is 6.20 Å². The van der Waals surface area contributed by atoms with Gasteiger partial charge in [0.25, 0.3) is 0 Å². The van der Waals surface area contributed by atoms with Crippen molar-refractivity contribution in [2.24, 2.45) is 11.7 Å². The van der Waals surface area contributed by atoms with Gasteiger partial charge in [-0.3, -0.25) is 5.41 Å². The van der Waals surface area contributed by atoms with Crippen LogP contribution in [0.4, 0.5) is 5.82 Å². The maximum Gasteiger partial charge on any atom is 0.139 e. The van der Waals surface area contributed by atoms with E-state index in [4.69, 9.17) is 11.1 Å². The second-order valence-electron chi connectivity index (χ2n) is 4.98. The van der Waals surface area contributed by atoms with Crippen LogP contribution in [0.5, 0.6) is 0 Å². The number of hydrogen-bond donors (Lipinski definition) is 2. The van der Waals surface area contributed by atoms with Gasteiger partial charge in [-0.1, -0.05) is 13.3 Å². The quantitative estimate of drug-likeness (QED) is 0.635. The number of aromatic nitrogens is 1. The molecule has 2 rings (SSSR count). The normalized spacial score (nSPS) is 20.5. The van der Waals surface area contributed by atoms with Gasteiger partial charge in [-0.25, -0.2) is 4.98 Å². The summed E-state index contributed by atoms with van der Waals surface area (Å²) in [7, 11) is 0. The molecule has 0 aliphatic carbocycles. The Labute approximate surface area is 109 Å². The Morgan fingerprint density at radius 3 is 3.06 bits per heavy atom. The van der Waals surface area contributed by atoms with Crippen LogP contribution in [-0.4, -0.2) is 23.9 Å². The zero-order chi connectivity index (χ0) is 13.0. The molecule has 1 aliphatic rings. The second-order valence-corrected chi connectivity index (χ2v) is 4.98. The molecule has 1 atom stereocenters. The largest absolute Gasteiger partial charge is 0.384 e. The lowest BCUT2D eigenvalue weighted by molar-refractivity contribution is 0.459. The third-order valence-electron chi connectivity index (χ3n) is 3.80. The van der Waals surface area contributed by atoms with E-state index in [0.29, 0.717) is 0 Å². The first-order valence-corrected chi connectivity index (χ1v) is 6.76. The summed E-state index contributed by atoms with van der Waals surface area (Å²) in [5.41, 5.74) is 6.39. The number of pyridine rings is 1. The van der Waals surface area contributed by atoms with Crippen LogP contribution < -0.4 is 10.6 Å². The van der Waals surface area contributed by atoms with Crippen LogP contribution in [0, 0.1) is 11.3 Å². The van der Waals surface area contributed by atoms with Gasteiger partial charge in [-0.05, 0) is 37.3 Å². The lowest BCUT2D eigenvalue weighted by atomic mass is 9.98. The SMILES string of the molecule is CCC1CCCN(c2ncccc2C(=N)N)CC1. The summed E-state index contributed by atoms with van der Waals surface area (Å²) in [6.45, 7) is 4.31. The number of amidine groups is 1. The summed E-state index contributed by atoms with van der Waals surface area (Å²) in [6, 6.07) is 3.72. The molecule has 1 aliphatic heterocycles. The van der Waals surface area contributed by atoms with Crippen LogP contribution in [-0.2, 0) is 0 Å². The van der Waals surface area contributed by atoms with E-state index in [9.17, 15) is 0 Å². The zero-order valence-corrected chi connectivity index (χ0v) is 11.0. The van der Waals surface area contributed by atoms with Crippen LogP contribution >= 0.6 is 0 Å². The van der Waals surface area contributed by atoms with Gasteiger partial charge in [-0.15, -0.1) is 0 Å². The predicted molar refractivity (Wildman–Crippen MR) is 75.1 cm³/mol. The molecule has 2 heterocycles. The molecule has 0 saturated carbocycles. The third kappa shape index (κ3) is 2.81. The van der Waals surface area contributed by atoms with Gasteiger partial charge in [0.2, 0.25) is 0 Å². The topological polar surface area (TPSA) is 66.0 Å². The zero-order valence-electron chi connectivity index (χ0n) is 11.0. The molecule has 4 heteroatoms. The molecular formula is C14H22N4. The van der Waals surface area contributed by atoms with Gasteiger partial charge in [0.05, 0.1) is 5.56 Å². The van der Waals surface area contributed by atoms with E-state index in [0.717, 1.165) is 30.4 Å². The van der Waals surface area contributed by atoms with Crippen molar-refractivity contribution >= 4 is 11.7 Å². The minimum atomic E-state index is 0.106. The minimum Gasteiger partial charge on any atom is -0.384 e. The molecule has 18 heavy (non-hydrogen) atoms. The molecule has 3 N–H and O–H groups in total. The Morgan fingerprint density at radius 2 is 2.33 bits per heavy atom. The van der Waals surface area contributed by atoms with Crippen LogP contribution in [0.15, 0.2) is 18.3 Å². The monoisotopic (exact) mass is 246 g/mol. The van der Waals surface area contributed by atoms with E-state index in [1.165, 1.54) is 25.7 Å². The minimum absolute atomic E-state index is 0.106. The van der Waals surface area contributed by atoms with E-state index in [2.05, 4.69) is 16.8 Å². The summed E-state index contributed by atoms with van der Waals surface area (Å²) >= 11 is 0. The van der Waals surface area contributed by atoms with Gasteiger partial charge < -0.3 is 10.6 Å². The van der Waals surface area contributed by atoms with Crippen LogP contribution in [0.3, 0.4) is 0 Å². The molecule has 1 aromatic rings. The van der Waals surface area contributed by atoms with Gasteiger partial charge in [-0.2, -0.15) is 0 Å². The number of nitrogens with one attached hydrogen (secondary N) is 1. The van der Waals surface area contributed by atoms with E-state index < -0.39 is 0 Å². The Hall–Kier alpha value is -1.58. The highest BCUT2D eigenvalue weighted by atomic mass is 15.2. The van der Waals surface area contributed by atoms with Gasteiger partial charge in [0.15, 0.2) is 0 Å². The molecule has 1 aromatic heterocycles. The summed E-state index contributed by atoms with van der Waals surface area (Å²) in [6.07, 6.45) is 6.76. The maximum atomic E-state index is 7.64. The lowest BCUT2D eigenvalue weighted by Gasteiger charge is -2.23. The van der Waals surface area contributed by atoms with Crippen molar-refractivity contribution in [2.75, 3.05) is 18.0 Å². The average molecular weight is 246 g/mol. The van der Waals surface area contributed by atoms with Crippen molar-refractivity contribution in [3.63, 3.8) is 0 Å². The van der Waals surface area contributed by atoms with Crippen LogP contribution in [0.1, 0.15) is 38.2 Å². The van der Waals surface area contributed by atoms with Gasteiger partial charge >= 0.3 is 0 Å². The Bertz CT molecular complexity index is 416. The summed E-state index contributed by atoms with van der Waals surface area (Å²) in [4.78, 5) is 6.71. The van der Waals surface area contributed by atoms with E-state index in [1.807, 2.05) is 12.1 Å². The highest BCUT2D eigenvalue weighted by Crippen LogP contribution is 2.25. The third-order valence-corrected chi connectivity index (χ3v) is 3.80. The van der Waals surface area contributed by atoms with E-state index >= 15 is 0 Å². The maximum absolute atomic E-state index is 7.64. The number of hydrogen-bond acceptors (Lipinski definition) is 3. The summed E-state index contributed by atoms with van der Waals surface area (Å²) in [5.74, 6) is 1.82. The number of rotatable bonds is 3. The first-order valence-electron chi connectivity index (χ1n) is 6.76. The van der Waals surface area contributed by atoms with Crippen molar-refractivity contribution in [1.82, 2.24) is 4.98 Å². The molecule has 1 unspecified atom stereocenters. The smallest absolute Gasteiger partial charge is 0.139 e. The molecule has 4 nitrogen and oxygen atoms in total. The lowest BCUT2D eigenvalue weighted by Crippen LogP contribution is -2.28. The van der Waals surface area contributed by atoms with Gasteiger partial charge in [0, 0.05) is 19.3 Å². The fourth-order valence-corrected chi connectivity index (χ4v) is 2.64. The molecule has 0 amide bonds. The van der Waals surface area contributed by atoms with Crippen LogP contribution in [0.2, 0.25) is 0 Å². The molecule has 1 fully saturated rings. The molecule has 0 bridgehead atoms. The molecule has 1 saturated heterocycles. The van der Waals surface area contributed by atoms with Crippen molar-refractivity contribution in [3.8, 4) is 0 Å². The standard InChI is InChI=1S/C14H22N4/c1-2-11-5-4-9-18(10-7-11)14-12(13(15)16)6-3-8-17-14/h3,6,8,11H,2,4-5,7,9-10H2,1H3,(H3,15,16). The Kier molecular flexibility index (Phi) is 4.18. The highest BCUT2D eigenvalue weighted by molar-refractivity contribution is 5.99. The van der Waals surface area contributed by atoms with Crippen LogP contribution in [0.25, 0.3) is 0 Å². The average Bonchev–Trinajstić information content (AvgIpc) is 2.63. The van der Waals surface area contributed by atoms with Crippen molar-refractivity contribution in [2.45, 2.75) is 32.6 Å². The molecule has 0 spiro atoms. The molecule has 0 radical (unpaired) electrons. The van der Waals surface area contributed by atoms with E-state index in [-0.39, 0.29) is 5.84 Å². The fraction of sp³-hybridized carbons (Fsp3) is 0.571. The summed E-state index contributed by atoms with van der Waals surface area (Å²) in [5, 5.41) is 7.64. The highest BCUT2D eigenvalue weighted by Gasteiger charge is 2.19. The van der Waals surface area contributed by atoms with Crippen molar-refractivity contribution in [1.29, 1.82) is 5.41 Å². The number of nitrogens with zero attached hydrogens (tertiary/aromatic N) is 2. The van der Waals surface area contributed by atoms with Gasteiger partial charge in [0.1, 0.15) is 11.7 Å². The molecular weight excluding hydrogens is 224 g/mol. The summed E-state index contributed by atoms with van der Waals surface area (Å²) < 4.78 is 0. The Morgan fingerprint density at radius 1 is 1.50 bits per heavy atom. The predicted octanol–water partition coefficient (Wildman–Crippen LogP) is 2.38. The number of anilines is 1.